The fourth-order valence-corrected chi connectivity index (χ4v) is 5.59. The molecule has 6 rings (SSSR count). The van der Waals surface area contributed by atoms with Crippen LogP contribution in [0.3, 0.4) is 0 Å². The number of anilines is 1. The van der Waals surface area contributed by atoms with E-state index in [-0.39, 0.29) is 5.69 Å². The number of imidazole rings is 1. The Kier molecular flexibility index (Phi) is 7.77. The standard InChI is InChI=1S/C29H33N7O5/c1-40-21-13-20(34-19-10-6-5-9-18(19)21)28(39)35-23-25(38)22(14-37)41-29(23)36-16-33-24-26(31-15-32-27(24)36)30-12-11-17-7-3-2-4-8-17/h5-7,9-10,13,15-16,22-23,25,29,37-38H,2-4,8,11-12,14H2,1H3,(H,35,39)(H,30,31,32)/t22-,23-,25-,29-/m1/s1. The van der Waals surface area contributed by atoms with E-state index in [2.05, 4.69) is 36.6 Å². The lowest BCUT2D eigenvalue weighted by molar-refractivity contribution is -0.0440. The quantitative estimate of drug-likeness (QED) is 0.225. The molecule has 4 atom stereocenters. The molecule has 0 unspecified atom stereocenters. The predicted octanol–water partition coefficient (Wildman–Crippen LogP) is 2.73. The summed E-state index contributed by atoms with van der Waals surface area (Å²) in [5.41, 5.74) is 3.19. The summed E-state index contributed by atoms with van der Waals surface area (Å²) in [6, 6.07) is 7.98. The molecule has 1 amide bonds. The second kappa shape index (κ2) is 11.8. The van der Waals surface area contributed by atoms with Gasteiger partial charge in [0.15, 0.2) is 23.2 Å². The van der Waals surface area contributed by atoms with Gasteiger partial charge in [-0.2, -0.15) is 0 Å². The number of aliphatic hydroxyl groups is 2. The maximum absolute atomic E-state index is 13.4. The van der Waals surface area contributed by atoms with E-state index in [1.165, 1.54) is 31.9 Å². The molecule has 2 aliphatic rings. The molecule has 4 heterocycles. The van der Waals surface area contributed by atoms with Crippen molar-refractivity contribution < 1.29 is 24.5 Å². The average molecular weight is 560 g/mol. The number of carbonyl (C=O) groups excluding carboxylic acids is 1. The molecule has 1 fully saturated rings. The van der Waals surface area contributed by atoms with Gasteiger partial charge in [0.2, 0.25) is 0 Å². The summed E-state index contributed by atoms with van der Waals surface area (Å²) in [5.74, 6) is 0.574. The van der Waals surface area contributed by atoms with Crippen LogP contribution >= 0.6 is 0 Å². The Labute approximate surface area is 236 Å². The van der Waals surface area contributed by atoms with Crippen LogP contribution < -0.4 is 15.4 Å². The maximum atomic E-state index is 13.4. The van der Waals surface area contributed by atoms with Crippen molar-refractivity contribution in [2.75, 3.05) is 25.6 Å². The van der Waals surface area contributed by atoms with Crippen LogP contribution in [0.15, 0.2) is 54.6 Å². The Hall–Kier alpha value is -4.13. The van der Waals surface area contributed by atoms with E-state index in [9.17, 15) is 15.0 Å². The molecule has 12 nitrogen and oxygen atoms in total. The summed E-state index contributed by atoms with van der Waals surface area (Å²) in [5, 5.41) is 27.9. The molecule has 0 radical (unpaired) electrons. The molecule has 1 saturated heterocycles. The first-order valence-corrected chi connectivity index (χ1v) is 13.9. The van der Waals surface area contributed by atoms with Crippen LogP contribution in [-0.4, -0.2) is 79.1 Å². The largest absolute Gasteiger partial charge is 0.496 e. The van der Waals surface area contributed by atoms with Crippen LogP contribution in [0.1, 0.15) is 48.8 Å². The number of nitrogens with zero attached hydrogens (tertiary/aromatic N) is 5. The molecule has 3 aromatic heterocycles. The van der Waals surface area contributed by atoms with Crippen molar-refractivity contribution in [2.45, 2.75) is 56.6 Å². The van der Waals surface area contributed by atoms with Crippen molar-refractivity contribution in [3.05, 3.63) is 60.3 Å². The number of hydrogen-bond donors (Lipinski definition) is 4. The number of benzene rings is 1. The number of hydrogen-bond acceptors (Lipinski definition) is 10. The predicted molar refractivity (Wildman–Crippen MR) is 152 cm³/mol. The summed E-state index contributed by atoms with van der Waals surface area (Å²) >= 11 is 0. The molecule has 12 heteroatoms. The minimum atomic E-state index is -1.20. The molecule has 0 saturated carbocycles. The Morgan fingerprint density at radius 3 is 2.90 bits per heavy atom. The molecule has 4 N–H and O–H groups in total. The van der Waals surface area contributed by atoms with Gasteiger partial charge in [0.25, 0.3) is 5.91 Å². The normalized spacial score (nSPS) is 22.6. The van der Waals surface area contributed by atoms with E-state index >= 15 is 0 Å². The first-order valence-electron chi connectivity index (χ1n) is 13.9. The molecule has 0 spiro atoms. The van der Waals surface area contributed by atoms with Gasteiger partial charge in [-0.1, -0.05) is 23.8 Å². The summed E-state index contributed by atoms with van der Waals surface area (Å²) in [6.45, 7) is 0.285. The van der Waals surface area contributed by atoms with Gasteiger partial charge in [-0.15, -0.1) is 0 Å². The highest BCUT2D eigenvalue weighted by Gasteiger charge is 2.46. The maximum Gasteiger partial charge on any atom is 0.270 e. The Morgan fingerprint density at radius 1 is 1.22 bits per heavy atom. The van der Waals surface area contributed by atoms with Crippen molar-refractivity contribution in [3.63, 3.8) is 0 Å². The fourth-order valence-electron chi connectivity index (χ4n) is 5.59. The molecular weight excluding hydrogens is 526 g/mol. The lowest BCUT2D eigenvalue weighted by atomic mass is 9.97. The number of allylic oxidation sites excluding steroid dienone is 1. The zero-order valence-corrected chi connectivity index (χ0v) is 22.7. The number of methoxy groups -OCH3 is 1. The lowest BCUT2D eigenvalue weighted by Gasteiger charge is -2.23. The summed E-state index contributed by atoms with van der Waals surface area (Å²) in [7, 11) is 1.53. The highest BCUT2D eigenvalue weighted by atomic mass is 16.5. The van der Waals surface area contributed by atoms with E-state index in [4.69, 9.17) is 9.47 Å². The first-order chi connectivity index (χ1) is 20.1. The summed E-state index contributed by atoms with van der Waals surface area (Å²) in [6.07, 6.45) is 7.99. The van der Waals surface area contributed by atoms with E-state index in [0.717, 1.165) is 31.2 Å². The van der Waals surface area contributed by atoms with Crippen LogP contribution in [0.25, 0.3) is 22.1 Å². The SMILES string of the molecule is COc1cc(C(=O)N[C@@H]2[C@H](O)[C@@H](CO)O[C@H]2n2cnc3c(NCCC4=CCCCC4)ncnc32)nc2ccccc12. The zero-order valence-electron chi connectivity index (χ0n) is 22.7. The Balaban J connectivity index is 1.25. The fraction of sp³-hybridized carbons (Fsp3) is 0.414. The number of rotatable bonds is 9. The zero-order chi connectivity index (χ0) is 28.3. The van der Waals surface area contributed by atoms with Gasteiger partial charge in [0.1, 0.15) is 36.0 Å². The van der Waals surface area contributed by atoms with Gasteiger partial charge >= 0.3 is 0 Å². The van der Waals surface area contributed by atoms with Crippen molar-refractivity contribution in [3.8, 4) is 5.75 Å². The molecule has 1 aliphatic heterocycles. The number of amides is 1. The van der Waals surface area contributed by atoms with Gasteiger partial charge in [0, 0.05) is 18.0 Å². The number of fused-ring (bicyclic) bond motifs is 2. The number of para-hydroxylation sites is 1. The number of aliphatic hydroxyl groups excluding tert-OH is 2. The third-order valence-corrected chi connectivity index (χ3v) is 7.74. The van der Waals surface area contributed by atoms with E-state index < -0.39 is 37.0 Å². The first kappa shape index (κ1) is 27.1. The van der Waals surface area contributed by atoms with E-state index in [1.807, 2.05) is 18.2 Å². The van der Waals surface area contributed by atoms with Gasteiger partial charge in [0.05, 0.1) is 25.6 Å². The van der Waals surface area contributed by atoms with Gasteiger partial charge in [-0.3, -0.25) is 9.36 Å². The summed E-state index contributed by atoms with van der Waals surface area (Å²) in [4.78, 5) is 31.2. The minimum absolute atomic E-state index is 0.122. The molecule has 41 heavy (non-hydrogen) atoms. The van der Waals surface area contributed by atoms with Crippen molar-refractivity contribution in [1.82, 2.24) is 29.8 Å². The second-order valence-electron chi connectivity index (χ2n) is 10.3. The highest BCUT2D eigenvalue weighted by Crippen LogP contribution is 2.33. The van der Waals surface area contributed by atoms with Gasteiger partial charge in [-0.05, 0) is 44.2 Å². The van der Waals surface area contributed by atoms with Crippen LogP contribution in [-0.2, 0) is 4.74 Å². The number of aromatic nitrogens is 5. The van der Waals surface area contributed by atoms with Gasteiger partial charge < -0.3 is 30.3 Å². The molecule has 1 aliphatic carbocycles. The lowest BCUT2D eigenvalue weighted by Crippen LogP contribution is -2.47. The number of carbonyl (C=O) groups is 1. The number of nitrogens with one attached hydrogen (secondary N) is 2. The second-order valence-corrected chi connectivity index (χ2v) is 10.3. The number of ether oxygens (including phenoxy) is 2. The van der Waals surface area contributed by atoms with Crippen molar-refractivity contribution in [1.29, 1.82) is 0 Å². The molecule has 214 valence electrons. The topological polar surface area (TPSA) is 157 Å². The van der Waals surface area contributed by atoms with Crippen molar-refractivity contribution in [2.24, 2.45) is 0 Å². The highest BCUT2D eigenvalue weighted by molar-refractivity contribution is 5.97. The van der Waals surface area contributed by atoms with Gasteiger partial charge in [-0.25, -0.2) is 19.9 Å². The average Bonchev–Trinajstić information content (AvgIpc) is 3.58. The third kappa shape index (κ3) is 5.33. The smallest absolute Gasteiger partial charge is 0.270 e. The molecular formula is C29H33N7O5. The van der Waals surface area contributed by atoms with Crippen LogP contribution in [0.4, 0.5) is 5.82 Å². The monoisotopic (exact) mass is 559 g/mol. The molecule has 4 aromatic rings. The Bertz CT molecular complexity index is 1590. The molecule has 1 aromatic carbocycles. The summed E-state index contributed by atoms with van der Waals surface area (Å²) < 4.78 is 13.1. The Morgan fingerprint density at radius 2 is 2.10 bits per heavy atom. The molecule has 0 bridgehead atoms. The third-order valence-electron chi connectivity index (χ3n) is 7.74. The van der Waals surface area contributed by atoms with Crippen LogP contribution in [0, 0.1) is 0 Å². The van der Waals surface area contributed by atoms with E-state index in [1.54, 1.807) is 23.0 Å². The van der Waals surface area contributed by atoms with Crippen LogP contribution in [0.2, 0.25) is 0 Å². The van der Waals surface area contributed by atoms with Crippen LogP contribution in [0.5, 0.6) is 5.75 Å². The number of pyridine rings is 1. The minimum Gasteiger partial charge on any atom is -0.496 e. The van der Waals surface area contributed by atoms with Crippen molar-refractivity contribution >= 4 is 33.8 Å². The van der Waals surface area contributed by atoms with E-state index in [0.29, 0.717) is 28.2 Å².